The van der Waals surface area contributed by atoms with Gasteiger partial charge in [0.2, 0.25) is 5.91 Å². The number of benzene rings is 2. The number of rotatable bonds is 6. The molecule has 33 heavy (non-hydrogen) atoms. The standard InChI is InChI=1S/C26H28ClN3O2S/c1-18(19-8-4-3-5-9-19)29(2)26(32)23-17-33-25(28-23)20-12-14-30(15-13-20)24(31)16-21-10-6-7-11-22(21)27/h3-11,17-18,20H,12-16H2,1-2H3. The summed E-state index contributed by atoms with van der Waals surface area (Å²) in [4.78, 5) is 34.1. The van der Waals surface area contributed by atoms with Crippen molar-refractivity contribution in [1.29, 1.82) is 0 Å². The second-order valence-electron chi connectivity index (χ2n) is 8.50. The largest absolute Gasteiger partial charge is 0.342 e. The minimum absolute atomic E-state index is 0.0313. The molecule has 0 saturated carbocycles. The number of hydrogen-bond donors (Lipinski definition) is 0. The van der Waals surface area contributed by atoms with Crippen molar-refractivity contribution in [3.63, 3.8) is 0 Å². The fourth-order valence-corrected chi connectivity index (χ4v) is 5.35. The van der Waals surface area contributed by atoms with Gasteiger partial charge in [-0.1, -0.05) is 60.1 Å². The van der Waals surface area contributed by atoms with E-state index in [-0.39, 0.29) is 23.8 Å². The Morgan fingerprint density at radius 2 is 1.79 bits per heavy atom. The Balaban J connectivity index is 1.33. The first-order valence-corrected chi connectivity index (χ1v) is 12.5. The second kappa shape index (κ2) is 10.5. The van der Waals surface area contributed by atoms with Crippen molar-refractivity contribution in [3.05, 3.63) is 86.8 Å². The lowest BCUT2D eigenvalue weighted by Crippen LogP contribution is -2.38. The zero-order valence-corrected chi connectivity index (χ0v) is 20.5. The van der Waals surface area contributed by atoms with Gasteiger partial charge >= 0.3 is 0 Å². The van der Waals surface area contributed by atoms with Crippen molar-refractivity contribution >= 4 is 34.8 Å². The number of hydrogen-bond acceptors (Lipinski definition) is 4. The highest BCUT2D eigenvalue weighted by molar-refractivity contribution is 7.09. The number of carbonyl (C=O) groups excluding carboxylic acids is 2. The molecule has 1 fully saturated rings. The number of halogens is 1. The summed E-state index contributed by atoms with van der Waals surface area (Å²) < 4.78 is 0. The molecule has 1 aliphatic rings. The molecule has 2 aromatic carbocycles. The minimum atomic E-state index is -0.0683. The number of thiazole rings is 1. The average molecular weight is 482 g/mol. The molecule has 0 radical (unpaired) electrons. The molecule has 2 heterocycles. The van der Waals surface area contributed by atoms with E-state index in [4.69, 9.17) is 11.6 Å². The average Bonchev–Trinajstić information content (AvgIpc) is 3.35. The Morgan fingerprint density at radius 1 is 1.12 bits per heavy atom. The number of aromatic nitrogens is 1. The van der Waals surface area contributed by atoms with Gasteiger partial charge in [0.25, 0.3) is 5.91 Å². The number of piperidine rings is 1. The van der Waals surface area contributed by atoms with E-state index in [0.717, 1.165) is 29.0 Å². The maximum Gasteiger partial charge on any atom is 0.273 e. The van der Waals surface area contributed by atoms with Crippen molar-refractivity contribution in [2.24, 2.45) is 0 Å². The second-order valence-corrected chi connectivity index (χ2v) is 9.79. The monoisotopic (exact) mass is 481 g/mol. The summed E-state index contributed by atoms with van der Waals surface area (Å²) in [5.41, 5.74) is 2.46. The number of carbonyl (C=O) groups is 2. The van der Waals surface area contributed by atoms with Gasteiger partial charge in [-0.25, -0.2) is 4.98 Å². The normalized spacial score (nSPS) is 15.3. The van der Waals surface area contributed by atoms with Crippen molar-refractivity contribution in [3.8, 4) is 0 Å². The number of amides is 2. The van der Waals surface area contributed by atoms with E-state index in [1.807, 2.05) is 78.8 Å². The summed E-state index contributed by atoms with van der Waals surface area (Å²) in [7, 11) is 1.82. The van der Waals surface area contributed by atoms with Crippen molar-refractivity contribution in [1.82, 2.24) is 14.8 Å². The van der Waals surface area contributed by atoms with Crippen LogP contribution in [0.4, 0.5) is 0 Å². The third-order valence-corrected chi connectivity index (χ3v) is 7.80. The summed E-state index contributed by atoms with van der Waals surface area (Å²) >= 11 is 7.75. The van der Waals surface area contributed by atoms with Gasteiger partial charge in [0.15, 0.2) is 0 Å². The van der Waals surface area contributed by atoms with E-state index in [2.05, 4.69) is 4.98 Å². The molecule has 4 rings (SSSR count). The Bertz CT molecular complexity index is 1110. The van der Waals surface area contributed by atoms with Gasteiger partial charge in [-0.05, 0) is 37.0 Å². The smallest absolute Gasteiger partial charge is 0.273 e. The first-order valence-electron chi connectivity index (χ1n) is 11.2. The van der Waals surface area contributed by atoms with E-state index < -0.39 is 0 Å². The number of likely N-dealkylation sites (tertiary alicyclic amines) is 1. The molecule has 7 heteroatoms. The Hall–Kier alpha value is -2.70. The summed E-state index contributed by atoms with van der Waals surface area (Å²) in [6, 6.07) is 17.5. The van der Waals surface area contributed by atoms with Gasteiger partial charge in [0.1, 0.15) is 5.69 Å². The third kappa shape index (κ3) is 5.45. The van der Waals surface area contributed by atoms with Crippen LogP contribution in [-0.2, 0) is 11.2 Å². The summed E-state index contributed by atoms with van der Waals surface area (Å²) in [6.07, 6.45) is 2.03. The van der Waals surface area contributed by atoms with Gasteiger partial charge < -0.3 is 9.80 Å². The molecule has 0 spiro atoms. The molecule has 0 aliphatic carbocycles. The maximum absolute atomic E-state index is 13.0. The first-order chi connectivity index (χ1) is 15.9. The van der Waals surface area contributed by atoms with Gasteiger partial charge in [0.05, 0.1) is 17.5 Å². The van der Waals surface area contributed by atoms with Gasteiger partial charge in [-0.2, -0.15) is 0 Å². The van der Waals surface area contributed by atoms with Crippen LogP contribution in [0.1, 0.15) is 58.3 Å². The van der Waals surface area contributed by atoms with Crippen LogP contribution in [0.3, 0.4) is 0 Å². The van der Waals surface area contributed by atoms with E-state index in [1.165, 1.54) is 0 Å². The Morgan fingerprint density at radius 3 is 2.48 bits per heavy atom. The zero-order chi connectivity index (χ0) is 23.4. The highest BCUT2D eigenvalue weighted by Gasteiger charge is 2.28. The Labute approximate surface area is 204 Å². The maximum atomic E-state index is 13.0. The highest BCUT2D eigenvalue weighted by atomic mass is 35.5. The van der Waals surface area contributed by atoms with E-state index in [9.17, 15) is 9.59 Å². The lowest BCUT2D eigenvalue weighted by molar-refractivity contribution is -0.131. The molecule has 1 saturated heterocycles. The van der Waals surface area contributed by atoms with Crippen LogP contribution in [0.5, 0.6) is 0 Å². The highest BCUT2D eigenvalue weighted by Crippen LogP contribution is 2.31. The molecular formula is C26H28ClN3O2S. The minimum Gasteiger partial charge on any atom is -0.342 e. The molecule has 0 N–H and O–H groups in total. The first kappa shape index (κ1) is 23.5. The third-order valence-electron chi connectivity index (χ3n) is 6.42. The topological polar surface area (TPSA) is 53.5 Å². The molecular weight excluding hydrogens is 454 g/mol. The Kier molecular flexibility index (Phi) is 7.46. The summed E-state index contributed by atoms with van der Waals surface area (Å²) in [5.74, 6) is 0.312. The quantitative estimate of drug-likeness (QED) is 0.462. The molecule has 172 valence electrons. The van der Waals surface area contributed by atoms with Gasteiger partial charge in [-0.3, -0.25) is 9.59 Å². The molecule has 0 bridgehead atoms. The van der Waals surface area contributed by atoms with Crippen molar-refractivity contribution < 1.29 is 9.59 Å². The van der Waals surface area contributed by atoms with Crippen LogP contribution < -0.4 is 0 Å². The zero-order valence-electron chi connectivity index (χ0n) is 18.9. The lowest BCUT2D eigenvalue weighted by atomic mass is 9.97. The van der Waals surface area contributed by atoms with Gasteiger partial charge in [0, 0.05) is 36.5 Å². The fraction of sp³-hybridized carbons (Fsp3) is 0.346. The van der Waals surface area contributed by atoms with Crippen LogP contribution in [0, 0.1) is 0 Å². The molecule has 3 aromatic rings. The van der Waals surface area contributed by atoms with E-state index in [0.29, 0.717) is 30.2 Å². The predicted molar refractivity (Wildman–Crippen MR) is 133 cm³/mol. The van der Waals surface area contributed by atoms with Crippen LogP contribution >= 0.6 is 22.9 Å². The predicted octanol–water partition coefficient (Wildman–Crippen LogP) is 5.58. The molecule has 5 nitrogen and oxygen atoms in total. The molecule has 1 aromatic heterocycles. The number of nitrogens with zero attached hydrogens (tertiary/aromatic N) is 3. The van der Waals surface area contributed by atoms with Crippen LogP contribution in [0.2, 0.25) is 5.02 Å². The lowest BCUT2D eigenvalue weighted by Gasteiger charge is -2.31. The van der Waals surface area contributed by atoms with Crippen LogP contribution in [0.15, 0.2) is 60.0 Å². The van der Waals surface area contributed by atoms with E-state index >= 15 is 0 Å². The molecule has 1 aliphatic heterocycles. The summed E-state index contributed by atoms with van der Waals surface area (Å²) in [5, 5.41) is 3.48. The van der Waals surface area contributed by atoms with Gasteiger partial charge in [-0.15, -0.1) is 11.3 Å². The van der Waals surface area contributed by atoms with Crippen molar-refractivity contribution in [2.45, 2.75) is 38.1 Å². The fourth-order valence-electron chi connectivity index (χ4n) is 4.18. The van der Waals surface area contributed by atoms with Crippen LogP contribution in [-0.4, -0.2) is 46.7 Å². The molecule has 1 unspecified atom stereocenters. The summed E-state index contributed by atoms with van der Waals surface area (Å²) in [6.45, 7) is 3.42. The molecule has 1 atom stereocenters. The van der Waals surface area contributed by atoms with Crippen LogP contribution in [0.25, 0.3) is 0 Å². The SMILES string of the molecule is CC(c1ccccc1)N(C)C(=O)c1csc(C2CCN(C(=O)Cc3ccccc3Cl)CC2)n1. The van der Waals surface area contributed by atoms with E-state index in [1.54, 1.807) is 16.2 Å². The molecule has 2 amide bonds. The van der Waals surface area contributed by atoms with Crippen molar-refractivity contribution in [2.75, 3.05) is 20.1 Å².